The van der Waals surface area contributed by atoms with Crippen molar-refractivity contribution in [3.8, 4) is 0 Å². The fourth-order valence-electron chi connectivity index (χ4n) is 4.83. The monoisotopic (exact) mass is 490 g/mol. The van der Waals surface area contributed by atoms with E-state index in [1.165, 1.54) is 28.6 Å². The molecule has 0 aliphatic carbocycles. The molecule has 35 heavy (non-hydrogen) atoms. The van der Waals surface area contributed by atoms with E-state index in [-0.39, 0.29) is 29.0 Å². The number of hydrogen-bond acceptors (Lipinski definition) is 5. The van der Waals surface area contributed by atoms with Gasteiger partial charge in [-0.3, -0.25) is 4.79 Å². The Bertz CT molecular complexity index is 1400. The average molecular weight is 491 g/mol. The third-order valence-corrected chi connectivity index (χ3v) is 8.45. The fourth-order valence-corrected chi connectivity index (χ4v) is 6.30. The van der Waals surface area contributed by atoms with Crippen molar-refractivity contribution in [1.82, 2.24) is 4.31 Å². The number of amides is 1. The number of sulfonamides is 1. The molecule has 8 heteroatoms. The fraction of sp³-hybridized carbons (Fsp3) is 0.259. The van der Waals surface area contributed by atoms with Crippen LogP contribution in [0.2, 0.25) is 0 Å². The molecule has 3 aromatic rings. The minimum absolute atomic E-state index is 0.0262. The molecule has 5 rings (SSSR count). The molecule has 1 amide bonds. The molecule has 0 fully saturated rings. The normalized spacial score (nSPS) is 17.5. The van der Waals surface area contributed by atoms with Crippen molar-refractivity contribution in [2.24, 2.45) is 0 Å². The van der Waals surface area contributed by atoms with Crippen molar-refractivity contribution >= 4 is 27.6 Å². The van der Waals surface area contributed by atoms with E-state index >= 15 is 0 Å². The van der Waals surface area contributed by atoms with Crippen molar-refractivity contribution in [3.63, 3.8) is 0 Å². The predicted octanol–water partition coefficient (Wildman–Crippen LogP) is 3.57. The maximum Gasteiger partial charge on any atom is 0.338 e. The molecule has 0 spiro atoms. The quantitative estimate of drug-likeness (QED) is 0.511. The molecular weight excluding hydrogens is 464 g/mol. The number of carbonyl (C=O) groups excluding carboxylic acids is 2. The van der Waals surface area contributed by atoms with Gasteiger partial charge in [0.1, 0.15) is 0 Å². The third-order valence-electron chi connectivity index (χ3n) is 6.61. The minimum Gasteiger partial charge on any atom is -0.452 e. The van der Waals surface area contributed by atoms with E-state index in [2.05, 4.69) is 0 Å². The van der Waals surface area contributed by atoms with Gasteiger partial charge >= 0.3 is 5.97 Å². The summed E-state index contributed by atoms with van der Waals surface area (Å²) in [5, 5.41) is 0. The molecule has 0 radical (unpaired) electrons. The molecule has 0 saturated carbocycles. The summed E-state index contributed by atoms with van der Waals surface area (Å²) in [5.41, 5.74) is 4.13. The Hall–Kier alpha value is -3.49. The van der Waals surface area contributed by atoms with Gasteiger partial charge < -0.3 is 9.64 Å². The Kier molecular flexibility index (Phi) is 6.17. The van der Waals surface area contributed by atoms with Gasteiger partial charge in [-0.1, -0.05) is 48.5 Å². The molecule has 0 saturated heterocycles. The Morgan fingerprint density at radius 2 is 1.66 bits per heavy atom. The van der Waals surface area contributed by atoms with Crippen LogP contribution in [0.3, 0.4) is 0 Å². The van der Waals surface area contributed by atoms with Gasteiger partial charge in [0.25, 0.3) is 5.91 Å². The number of hydrogen-bond donors (Lipinski definition) is 0. The summed E-state index contributed by atoms with van der Waals surface area (Å²) in [5.74, 6) is -1.05. The lowest BCUT2D eigenvalue weighted by atomic mass is 10.0. The van der Waals surface area contributed by atoms with Crippen LogP contribution in [0, 0.1) is 0 Å². The number of nitrogens with zero attached hydrogens (tertiary/aromatic N) is 2. The van der Waals surface area contributed by atoms with Crippen molar-refractivity contribution < 1.29 is 22.7 Å². The highest BCUT2D eigenvalue weighted by Crippen LogP contribution is 2.32. The zero-order valence-corrected chi connectivity index (χ0v) is 20.2. The summed E-state index contributed by atoms with van der Waals surface area (Å²) in [4.78, 5) is 27.2. The van der Waals surface area contributed by atoms with Gasteiger partial charge in [-0.2, -0.15) is 4.31 Å². The molecule has 2 aliphatic heterocycles. The van der Waals surface area contributed by atoms with Crippen LogP contribution in [0.25, 0.3) is 0 Å². The van der Waals surface area contributed by atoms with Crippen molar-refractivity contribution in [3.05, 3.63) is 95.1 Å². The lowest BCUT2D eigenvalue weighted by Gasteiger charge is -2.28. The molecule has 0 aromatic heterocycles. The zero-order chi connectivity index (χ0) is 24.6. The van der Waals surface area contributed by atoms with Crippen molar-refractivity contribution in [1.29, 1.82) is 0 Å². The van der Waals surface area contributed by atoms with Gasteiger partial charge in [0.05, 0.1) is 10.5 Å². The van der Waals surface area contributed by atoms with E-state index in [1.807, 2.05) is 55.5 Å². The van der Waals surface area contributed by atoms with Gasteiger partial charge in [0.2, 0.25) is 10.0 Å². The summed E-state index contributed by atoms with van der Waals surface area (Å²) in [7, 11) is -3.80. The molecule has 0 bridgehead atoms. The molecule has 1 atom stereocenters. The van der Waals surface area contributed by atoms with Crippen LogP contribution in [0.1, 0.15) is 34.0 Å². The van der Waals surface area contributed by atoms with E-state index in [4.69, 9.17) is 4.74 Å². The number of fused-ring (bicyclic) bond motifs is 2. The summed E-state index contributed by atoms with van der Waals surface area (Å²) >= 11 is 0. The van der Waals surface area contributed by atoms with Crippen LogP contribution in [0.4, 0.5) is 5.69 Å². The number of para-hydroxylation sites is 1. The SMILES string of the molecule is CC1Cc2ccccc2N1C(=O)COC(=O)c1cccc(S(=O)(=O)N2CCc3ccccc3C2)c1. The Balaban J connectivity index is 1.28. The molecule has 2 aliphatic rings. The molecule has 2 heterocycles. The molecule has 0 N–H and O–H groups in total. The Morgan fingerprint density at radius 1 is 0.943 bits per heavy atom. The number of rotatable bonds is 5. The minimum atomic E-state index is -3.80. The highest BCUT2D eigenvalue weighted by Gasteiger charge is 2.32. The second-order valence-electron chi connectivity index (χ2n) is 8.91. The Labute approximate surface area is 205 Å². The standard InChI is InChI=1S/C27H26N2O5S/c1-19-15-21-8-4-5-12-25(21)29(19)26(30)18-34-27(31)22-10-6-11-24(16-22)35(32,33)28-14-13-20-7-2-3-9-23(20)17-28/h2-12,16,19H,13-15,17-18H2,1H3. The first-order valence-electron chi connectivity index (χ1n) is 11.6. The van der Waals surface area contributed by atoms with Crippen LogP contribution < -0.4 is 4.90 Å². The first kappa shape index (κ1) is 23.3. The van der Waals surface area contributed by atoms with Crippen LogP contribution in [-0.2, 0) is 38.9 Å². The van der Waals surface area contributed by atoms with Crippen molar-refractivity contribution in [2.45, 2.75) is 37.2 Å². The second-order valence-corrected chi connectivity index (χ2v) is 10.8. The molecule has 1 unspecified atom stereocenters. The van der Waals surface area contributed by atoms with Crippen LogP contribution in [0.15, 0.2) is 77.7 Å². The average Bonchev–Trinajstić information content (AvgIpc) is 3.22. The molecule has 3 aromatic carbocycles. The number of esters is 1. The van der Waals surface area contributed by atoms with Gasteiger partial charge in [-0.25, -0.2) is 13.2 Å². The number of benzene rings is 3. The van der Waals surface area contributed by atoms with Crippen LogP contribution in [-0.4, -0.2) is 43.8 Å². The summed E-state index contributed by atoms with van der Waals surface area (Å²) in [6.45, 7) is 2.19. The maximum absolute atomic E-state index is 13.3. The van der Waals surface area contributed by atoms with E-state index in [9.17, 15) is 18.0 Å². The van der Waals surface area contributed by atoms with Gasteiger partial charge in [0, 0.05) is 24.8 Å². The van der Waals surface area contributed by atoms with Crippen LogP contribution in [0.5, 0.6) is 0 Å². The highest BCUT2D eigenvalue weighted by molar-refractivity contribution is 7.89. The lowest BCUT2D eigenvalue weighted by Crippen LogP contribution is -2.38. The lowest BCUT2D eigenvalue weighted by molar-refractivity contribution is -0.122. The Morgan fingerprint density at radius 3 is 2.46 bits per heavy atom. The number of ether oxygens (including phenoxy) is 1. The predicted molar refractivity (Wildman–Crippen MR) is 132 cm³/mol. The largest absolute Gasteiger partial charge is 0.452 e. The van der Waals surface area contributed by atoms with Crippen LogP contribution >= 0.6 is 0 Å². The van der Waals surface area contributed by atoms with Gasteiger partial charge in [0.15, 0.2) is 6.61 Å². The molecule has 180 valence electrons. The maximum atomic E-state index is 13.3. The smallest absolute Gasteiger partial charge is 0.338 e. The summed E-state index contributed by atoms with van der Waals surface area (Å²) in [6, 6.07) is 21.2. The molecular formula is C27H26N2O5S. The summed E-state index contributed by atoms with van der Waals surface area (Å²) < 4.78 is 33.3. The first-order chi connectivity index (χ1) is 16.8. The number of carbonyl (C=O) groups is 2. The van der Waals surface area contributed by atoms with E-state index in [0.29, 0.717) is 13.0 Å². The number of anilines is 1. The topological polar surface area (TPSA) is 84.0 Å². The van der Waals surface area contributed by atoms with E-state index < -0.39 is 22.6 Å². The highest BCUT2D eigenvalue weighted by atomic mass is 32.2. The third kappa shape index (κ3) is 4.47. The second kappa shape index (κ2) is 9.28. The molecule has 7 nitrogen and oxygen atoms in total. The zero-order valence-electron chi connectivity index (χ0n) is 19.4. The van der Waals surface area contributed by atoms with Gasteiger partial charge in [-0.15, -0.1) is 0 Å². The van der Waals surface area contributed by atoms with E-state index in [0.717, 1.165) is 28.8 Å². The van der Waals surface area contributed by atoms with Gasteiger partial charge in [-0.05, 0) is 60.7 Å². The van der Waals surface area contributed by atoms with E-state index in [1.54, 1.807) is 4.90 Å². The first-order valence-corrected chi connectivity index (χ1v) is 13.0. The van der Waals surface area contributed by atoms with Crippen molar-refractivity contribution in [2.75, 3.05) is 18.1 Å². The summed E-state index contributed by atoms with van der Waals surface area (Å²) in [6.07, 6.45) is 1.38.